The number of carbonyl (C=O) groups is 2. The molecule has 0 spiro atoms. The Morgan fingerprint density at radius 3 is 2.75 bits per heavy atom. The van der Waals surface area contributed by atoms with E-state index in [9.17, 15) is 22.4 Å². The van der Waals surface area contributed by atoms with E-state index in [0.29, 0.717) is 38.1 Å². The number of hydrogen-bond acceptors (Lipinski definition) is 5. The van der Waals surface area contributed by atoms with Crippen molar-refractivity contribution in [3.63, 3.8) is 0 Å². The van der Waals surface area contributed by atoms with Crippen molar-refractivity contribution in [1.82, 2.24) is 4.31 Å². The first-order valence-electron chi connectivity index (χ1n) is 9.48. The van der Waals surface area contributed by atoms with Crippen molar-refractivity contribution in [2.75, 3.05) is 38.4 Å². The summed E-state index contributed by atoms with van der Waals surface area (Å²) in [7, 11) is -2.19. The van der Waals surface area contributed by atoms with Gasteiger partial charge in [-0.3, -0.25) is 14.0 Å². The van der Waals surface area contributed by atoms with Gasteiger partial charge in [-0.05, 0) is 50.3 Å². The smallest absolute Gasteiger partial charge is 0.299 e. The molecule has 9 heteroatoms. The fourth-order valence-corrected chi connectivity index (χ4v) is 5.58. The van der Waals surface area contributed by atoms with Crippen LogP contribution in [0.3, 0.4) is 0 Å². The standard InChI is InChI=1S/C19H25FN2O5S/c1-27-12-8-14-5-4-11-22(14)28(25,26)15-6-7-17-16(13-15)18(23)19(24)21(17)10-3-2-9-20/h6-7,13-14H,2-5,8-12H2,1H3/t14-/m0/s1. The molecule has 2 aliphatic rings. The van der Waals surface area contributed by atoms with Gasteiger partial charge in [-0.1, -0.05) is 0 Å². The third kappa shape index (κ3) is 3.83. The number of benzene rings is 1. The quantitative estimate of drug-likeness (QED) is 0.458. The van der Waals surface area contributed by atoms with Crippen LogP contribution in [-0.2, 0) is 19.6 Å². The van der Waals surface area contributed by atoms with Crippen molar-refractivity contribution in [1.29, 1.82) is 0 Å². The first-order valence-corrected chi connectivity index (χ1v) is 10.9. The minimum Gasteiger partial charge on any atom is -0.385 e. The normalized spacial score (nSPS) is 20.2. The second kappa shape index (κ2) is 8.67. The first-order chi connectivity index (χ1) is 13.4. The van der Waals surface area contributed by atoms with E-state index < -0.39 is 28.4 Å². The summed E-state index contributed by atoms with van der Waals surface area (Å²) in [5.74, 6) is -1.41. The molecular formula is C19H25FN2O5S. The lowest BCUT2D eigenvalue weighted by atomic mass is 10.1. The number of halogens is 1. The van der Waals surface area contributed by atoms with Gasteiger partial charge in [0.1, 0.15) is 0 Å². The van der Waals surface area contributed by atoms with Crippen molar-refractivity contribution in [2.24, 2.45) is 0 Å². The molecule has 1 amide bonds. The topological polar surface area (TPSA) is 84.0 Å². The van der Waals surface area contributed by atoms with Gasteiger partial charge in [-0.15, -0.1) is 0 Å². The van der Waals surface area contributed by atoms with Crippen LogP contribution >= 0.6 is 0 Å². The number of amides is 1. The predicted molar refractivity (Wildman–Crippen MR) is 102 cm³/mol. The number of rotatable bonds is 9. The zero-order valence-electron chi connectivity index (χ0n) is 15.9. The highest BCUT2D eigenvalue weighted by Gasteiger charge is 2.39. The molecule has 2 aliphatic heterocycles. The molecule has 7 nitrogen and oxygen atoms in total. The number of nitrogens with zero attached hydrogens (tertiary/aromatic N) is 2. The molecule has 3 rings (SSSR count). The van der Waals surface area contributed by atoms with E-state index in [2.05, 4.69) is 0 Å². The summed E-state index contributed by atoms with van der Waals surface area (Å²) >= 11 is 0. The molecule has 28 heavy (non-hydrogen) atoms. The lowest BCUT2D eigenvalue weighted by Gasteiger charge is -2.24. The van der Waals surface area contributed by atoms with E-state index in [1.54, 1.807) is 7.11 Å². The summed E-state index contributed by atoms with van der Waals surface area (Å²) in [4.78, 5) is 25.9. The number of Topliss-reactive ketones (excluding diaryl/α,β-unsaturated/α-hetero) is 1. The van der Waals surface area contributed by atoms with E-state index in [4.69, 9.17) is 4.74 Å². The summed E-state index contributed by atoms with van der Waals surface area (Å²) in [5, 5.41) is 0. The van der Waals surface area contributed by atoms with Crippen LogP contribution in [0.5, 0.6) is 0 Å². The van der Waals surface area contributed by atoms with E-state index >= 15 is 0 Å². The molecule has 1 saturated heterocycles. The number of ketones is 1. The molecule has 0 bridgehead atoms. The number of sulfonamides is 1. The third-order valence-corrected chi connectivity index (χ3v) is 7.24. The highest BCUT2D eigenvalue weighted by atomic mass is 32.2. The maximum atomic E-state index is 13.1. The molecule has 0 radical (unpaired) electrons. The van der Waals surface area contributed by atoms with Gasteiger partial charge < -0.3 is 9.64 Å². The first kappa shape index (κ1) is 20.9. The van der Waals surface area contributed by atoms with Crippen molar-refractivity contribution in [3.05, 3.63) is 23.8 Å². The average molecular weight is 412 g/mol. The van der Waals surface area contributed by atoms with Crippen LogP contribution < -0.4 is 4.90 Å². The zero-order chi connectivity index (χ0) is 20.3. The Labute approximate surface area is 164 Å². The third-order valence-electron chi connectivity index (χ3n) is 5.29. The monoisotopic (exact) mass is 412 g/mol. The van der Waals surface area contributed by atoms with Crippen LogP contribution in [0.2, 0.25) is 0 Å². The summed E-state index contributed by atoms with van der Waals surface area (Å²) in [5.41, 5.74) is 0.490. The number of fused-ring (bicyclic) bond motifs is 1. The number of unbranched alkanes of at least 4 members (excludes halogenated alkanes) is 1. The number of anilines is 1. The SMILES string of the molecule is COCC[C@@H]1CCCN1S(=O)(=O)c1ccc2c(c1)C(=O)C(=O)N2CCCCF. The summed E-state index contributed by atoms with van der Waals surface area (Å²) in [6.07, 6.45) is 2.90. The number of hydrogen-bond donors (Lipinski definition) is 0. The molecule has 2 heterocycles. The number of methoxy groups -OCH3 is 1. The molecule has 1 aromatic rings. The lowest BCUT2D eigenvalue weighted by Crippen LogP contribution is -2.36. The van der Waals surface area contributed by atoms with E-state index in [0.717, 1.165) is 12.8 Å². The fraction of sp³-hybridized carbons (Fsp3) is 0.579. The van der Waals surface area contributed by atoms with Gasteiger partial charge in [0.2, 0.25) is 10.0 Å². The minimum absolute atomic E-state index is 0.0160. The molecule has 0 saturated carbocycles. The Balaban J connectivity index is 1.87. The maximum Gasteiger partial charge on any atom is 0.299 e. The van der Waals surface area contributed by atoms with Crippen molar-refractivity contribution < 1.29 is 27.1 Å². The summed E-state index contributed by atoms with van der Waals surface area (Å²) in [6.45, 7) is 0.649. The van der Waals surface area contributed by atoms with Crippen LogP contribution in [0.1, 0.15) is 42.5 Å². The highest BCUT2D eigenvalue weighted by molar-refractivity contribution is 7.89. The largest absolute Gasteiger partial charge is 0.385 e. The molecule has 0 aliphatic carbocycles. The molecule has 154 valence electrons. The summed E-state index contributed by atoms with van der Waals surface area (Å²) in [6, 6.07) is 4.10. The molecule has 0 unspecified atom stereocenters. The molecule has 1 fully saturated rings. The molecule has 0 aromatic heterocycles. The molecule has 0 N–H and O–H groups in total. The van der Waals surface area contributed by atoms with Gasteiger partial charge in [0.15, 0.2) is 0 Å². The van der Waals surface area contributed by atoms with Crippen LogP contribution in [0.15, 0.2) is 23.1 Å². The lowest BCUT2D eigenvalue weighted by molar-refractivity contribution is -0.114. The Hall–Kier alpha value is -1.84. The Morgan fingerprint density at radius 2 is 2.04 bits per heavy atom. The maximum absolute atomic E-state index is 13.1. The minimum atomic E-state index is -3.77. The number of alkyl halides is 1. The van der Waals surface area contributed by atoms with Gasteiger partial charge in [-0.2, -0.15) is 4.31 Å². The second-order valence-electron chi connectivity index (χ2n) is 7.05. The van der Waals surface area contributed by atoms with E-state index in [1.165, 1.54) is 27.4 Å². The van der Waals surface area contributed by atoms with Crippen LogP contribution in [0.4, 0.5) is 10.1 Å². The molecule has 1 aromatic carbocycles. The zero-order valence-corrected chi connectivity index (χ0v) is 16.7. The van der Waals surface area contributed by atoms with E-state index in [-0.39, 0.29) is 23.0 Å². The van der Waals surface area contributed by atoms with E-state index in [1.807, 2.05) is 0 Å². The van der Waals surface area contributed by atoms with Gasteiger partial charge in [0.05, 0.1) is 22.8 Å². The predicted octanol–water partition coefficient (Wildman–Crippen LogP) is 2.16. The van der Waals surface area contributed by atoms with Crippen molar-refractivity contribution >= 4 is 27.4 Å². The number of ether oxygens (including phenoxy) is 1. The highest BCUT2D eigenvalue weighted by Crippen LogP contribution is 2.34. The van der Waals surface area contributed by atoms with Crippen molar-refractivity contribution in [3.8, 4) is 0 Å². The Morgan fingerprint density at radius 1 is 1.25 bits per heavy atom. The Bertz CT molecular complexity index is 858. The second-order valence-corrected chi connectivity index (χ2v) is 8.94. The summed E-state index contributed by atoms with van der Waals surface area (Å²) < 4.78 is 45.1. The van der Waals surface area contributed by atoms with Crippen LogP contribution in [0.25, 0.3) is 0 Å². The van der Waals surface area contributed by atoms with Crippen LogP contribution in [0, 0.1) is 0 Å². The van der Waals surface area contributed by atoms with Crippen molar-refractivity contribution in [2.45, 2.75) is 43.0 Å². The fourth-order valence-electron chi connectivity index (χ4n) is 3.83. The molecular weight excluding hydrogens is 387 g/mol. The van der Waals surface area contributed by atoms with Gasteiger partial charge in [0, 0.05) is 32.8 Å². The Kier molecular flexibility index (Phi) is 6.47. The van der Waals surface area contributed by atoms with Crippen LogP contribution in [-0.4, -0.2) is 63.9 Å². The van der Waals surface area contributed by atoms with Gasteiger partial charge >= 0.3 is 0 Å². The van der Waals surface area contributed by atoms with Gasteiger partial charge in [-0.25, -0.2) is 8.42 Å². The number of carbonyl (C=O) groups excluding carboxylic acids is 2. The molecule has 1 atom stereocenters. The average Bonchev–Trinajstić information content (AvgIpc) is 3.25. The van der Waals surface area contributed by atoms with Gasteiger partial charge in [0.25, 0.3) is 11.7 Å².